The lowest BCUT2D eigenvalue weighted by atomic mass is 10.1. The van der Waals surface area contributed by atoms with E-state index in [4.69, 9.17) is 5.11 Å². The van der Waals surface area contributed by atoms with E-state index >= 15 is 0 Å². The maximum absolute atomic E-state index is 11.7. The zero-order valence-corrected chi connectivity index (χ0v) is 10.5. The van der Waals surface area contributed by atoms with Crippen molar-refractivity contribution in [1.82, 2.24) is 20.5 Å². The molecule has 0 unspecified atom stereocenters. The third-order valence-corrected chi connectivity index (χ3v) is 2.49. The topological polar surface area (TPSA) is 120 Å². The van der Waals surface area contributed by atoms with Gasteiger partial charge in [0.2, 0.25) is 0 Å². The second-order valence-electron chi connectivity index (χ2n) is 3.97. The number of urea groups is 1. The minimum Gasteiger partial charge on any atom is -0.481 e. The van der Waals surface area contributed by atoms with Crippen LogP contribution in [-0.2, 0) is 17.8 Å². The number of hydrogen-bond acceptors (Lipinski definition) is 4. The standard InChI is InChI=1S/C12H13N5O3/c18-11(19)5-8-3-1-2-4-9(8)16-12(20)13-6-10-14-7-15-17-10/h1-4,7H,5-6H2,(H,18,19)(H2,13,16,20)(H,14,15,17). The van der Waals surface area contributed by atoms with E-state index in [-0.39, 0.29) is 13.0 Å². The largest absolute Gasteiger partial charge is 0.481 e. The Hall–Kier alpha value is -2.90. The van der Waals surface area contributed by atoms with Crippen molar-refractivity contribution in [3.8, 4) is 0 Å². The first-order valence-electron chi connectivity index (χ1n) is 5.84. The normalized spacial score (nSPS) is 10.0. The Bertz CT molecular complexity index is 597. The molecule has 0 atom stereocenters. The zero-order chi connectivity index (χ0) is 14.4. The first-order chi connectivity index (χ1) is 9.65. The lowest BCUT2D eigenvalue weighted by Gasteiger charge is -2.10. The molecule has 2 amide bonds. The highest BCUT2D eigenvalue weighted by Crippen LogP contribution is 2.15. The van der Waals surface area contributed by atoms with Crippen LogP contribution in [0.25, 0.3) is 0 Å². The van der Waals surface area contributed by atoms with Gasteiger partial charge in [0, 0.05) is 5.69 Å². The number of anilines is 1. The molecule has 8 heteroatoms. The average Bonchev–Trinajstić information content (AvgIpc) is 2.91. The number of aliphatic carboxylic acids is 1. The van der Waals surface area contributed by atoms with Gasteiger partial charge in [0.05, 0.1) is 13.0 Å². The summed E-state index contributed by atoms with van der Waals surface area (Å²) in [6.07, 6.45) is 1.19. The van der Waals surface area contributed by atoms with Gasteiger partial charge >= 0.3 is 12.0 Å². The van der Waals surface area contributed by atoms with Crippen LogP contribution in [0.1, 0.15) is 11.4 Å². The third-order valence-electron chi connectivity index (χ3n) is 2.49. The van der Waals surface area contributed by atoms with Crippen molar-refractivity contribution in [1.29, 1.82) is 0 Å². The fourth-order valence-electron chi connectivity index (χ4n) is 1.61. The van der Waals surface area contributed by atoms with Gasteiger partial charge in [-0.05, 0) is 11.6 Å². The lowest BCUT2D eigenvalue weighted by molar-refractivity contribution is -0.136. The second kappa shape index (κ2) is 6.32. The van der Waals surface area contributed by atoms with Gasteiger partial charge < -0.3 is 15.7 Å². The van der Waals surface area contributed by atoms with Crippen LogP contribution in [0.4, 0.5) is 10.5 Å². The molecular formula is C12H13N5O3. The smallest absolute Gasteiger partial charge is 0.319 e. The molecule has 0 radical (unpaired) electrons. The van der Waals surface area contributed by atoms with Crippen LogP contribution in [0.5, 0.6) is 0 Å². The van der Waals surface area contributed by atoms with Crippen LogP contribution in [0.15, 0.2) is 30.6 Å². The Morgan fingerprint density at radius 3 is 2.80 bits per heavy atom. The highest BCUT2D eigenvalue weighted by Gasteiger charge is 2.09. The maximum atomic E-state index is 11.7. The summed E-state index contributed by atoms with van der Waals surface area (Å²) in [4.78, 5) is 26.3. The van der Waals surface area contributed by atoms with Crippen molar-refractivity contribution in [3.63, 3.8) is 0 Å². The minimum atomic E-state index is -0.957. The molecule has 1 aromatic heterocycles. The van der Waals surface area contributed by atoms with Crippen molar-refractivity contribution in [3.05, 3.63) is 42.0 Å². The van der Waals surface area contributed by atoms with E-state index in [0.29, 0.717) is 17.1 Å². The molecule has 104 valence electrons. The summed E-state index contributed by atoms with van der Waals surface area (Å²) in [5.74, 6) is -0.430. The van der Waals surface area contributed by atoms with Crippen LogP contribution in [0.3, 0.4) is 0 Å². The molecule has 1 heterocycles. The molecule has 0 aliphatic rings. The summed E-state index contributed by atoms with van der Waals surface area (Å²) in [6, 6.07) is 6.29. The fraction of sp³-hybridized carbons (Fsp3) is 0.167. The van der Waals surface area contributed by atoms with E-state index < -0.39 is 12.0 Å². The monoisotopic (exact) mass is 275 g/mol. The Balaban J connectivity index is 1.95. The number of hydrogen-bond donors (Lipinski definition) is 4. The molecule has 0 saturated heterocycles. The fourth-order valence-corrected chi connectivity index (χ4v) is 1.61. The molecule has 0 fully saturated rings. The SMILES string of the molecule is O=C(O)Cc1ccccc1NC(=O)NCc1ncn[nH]1. The summed E-state index contributed by atoms with van der Waals surface area (Å²) in [6.45, 7) is 0.201. The van der Waals surface area contributed by atoms with Gasteiger partial charge in [-0.1, -0.05) is 18.2 Å². The number of amides is 2. The molecule has 0 saturated carbocycles. The van der Waals surface area contributed by atoms with E-state index in [1.807, 2.05) is 0 Å². The number of nitrogens with zero attached hydrogens (tertiary/aromatic N) is 2. The van der Waals surface area contributed by atoms with Gasteiger partial charge in [0.25, 0.3) is 0 Å². The summed E-state index contributed by atoms with van der Waals surface area (Å²) >= 11 is 0. The van der Waals surface area contributed by atoms with Gasteiger partial charge in [0.15, 0.2) is 0 Å². The molecule has 2 aromatic rings. The van der Waals surface area contributed by atoms with Crippen LogP contribution >= 0.6 is 0 Å². The zero-order valence-electron chi connectivity index (χ0n) is 10.5. The predicted octanol–water partition coefficient (Wildman–Crippen LogP) is 0.754. The van der Waals surface area contributed by atoms with E-state index in [0.717, 1.165) is 0 Å². The number of benzene rings is 1. The molecule has 2 rings (SSSR count). The molecule has 0 spiro atoms. The van der Waals surface area contributed by atoms with Crippen LogP contribution in [-0.4, -0.2) is 32.3 Å². The number of carboxylic acids is 1. The number of carbonyl (C=O) groups is 2. The number of aromatic amines is 1. The van der Waals surface area contributed by atoms with Gasteiger partial charge in [0.1, 0.15) is 12.2 Å². The van der Waals surface area contributed by atoms with E-state index in [1.165, 1.54) is 6.33 Å². The average molecular weight is 275 g/mol. The minimum absolute atomic E-state index is 0.154. The Morgan fingerprint density at radius 1 is 1.30 bits per heavy atom. The predicted molar refractivity (Wildman–Crippen MR) is 70.0 cm³/mol. The molecule has 0 aliphatic heterocycles. The number of nitrogens with one attached hydrogen (secondary N) is 3. The number of rotatable bonds is 5. The second-order valence-corrected chi connectivity index (χ2v) is 3.97. The Kier molecular flexibility index (Phi) is 4.28. The van der Waals surface area contributed by atoms with Gasteiger partial charge in [-0.15, -0.1) is 0 Å². The summed E-state index contributed by atoms with van der Waals surface area (Å²) in [5.41, 5.74) is 1.000. The first-order valence-corrected chi connectivity index (χ1v) is 5.84. The molecular weight excluding hydrogens is 262 g/mol. The highest BCUT2D eigenvalue weighted by atomic mass is 16.4. The molecule has 4 N–H and O–H groups in total. The first kappa shape index (κ1) is 13.5. The number of carbonyl (C=O) groups excluding carboxylic acids is 1. The number of aromatic nitrogens is 3. The summed E-state index contributed by atoms with van der Waals surface area (Å²) in [5, 5.41) is 20.3. The number of H-pyrrole nitrogens is 1. The molecule has 0 bridgehead atoms. The third kappa shape index (κ3) is 3.80. The van der Waals surface area contributed by atoms with Gasteiger partial charge in [-0.3, -0.25) is 9.89 Å². The summed E-state index contributed by atoms with van der Waals surface area (Å²) < 4.78 is 0. The Labute approximate surface area is 114 Å². The van der Waals surface area contributed by atoms with Crippen molar-refractivity contribution in [2.45, 2.75) is 13.0 Å². The number of para-hydroxylation sites is 1. The highest BCUT2D eigenvalue weighted by molar-refractivity contribution is 5.90. The van der Waals surface area contributed by atoms with E-state index in [1.54, 1.807) is 24.3 Å². The van der Waals surface area contributed by atoms with Gasteiger partial charge in [-0.25, -0.2) is 9.78 Å². The summed E-state index contributed by atoms with van der Waals surface area (Å²) in [7, 11) is 0. The quantitative estimate of drug-likeness (QED) is 0.642. The van der Waals surface area contributed by atoms with Crippen molar-refractivity contribution >= 4 is 17.7 Å². The lowest BCUT2D eigenvalue weighted by Crippen LogP contribution is -2.29. The van der Waals surface area contributed by atoms with Crippen molar-refractivity contribution in [2.24, 2.45) is 0 Å². The van der Waals surface area contributed by atoms with E-state index in [2.05, 4.69) is 25.8 Å². The van der Waals surface area contributed by atoms with Crippen LogP contribution in [0, 0.1) is 0 Å². The van der Waals surface area contributed by atoms with Crippen molar-refractivity contribution in [2.75, 3.05) is 5.32 Å². The molecule has 20 heavy (non-hydrogen) atoms. The number of carboxylic acid groups (broad SMARTS) is 1. The van der Waals surface area contributed by atoms with Crippen molar-refractivity contribution < 1.29 is 14.7 Å². The van der Waals surface area contributed by atoms with Gasteiger partial charge in [-0.2, -0.15) is 5.10 Å². The van der Waals surface area contributed by atoms with E-state index in [9.17, 15) is 9.59 Å². The van der Waals surface area contributed by atoms with Crippen LogP contribution in [0.2, 0.25) is 0 Å². The Morgan fingerprint density at radius 2 is 2.10 bits per heavy atom. The molecule has 1 aromatic carbocycles. The van der Waals surface area contributed by atoms with Crippen LogP contribution < -0.4 is 10.6 Å². The maximum Gasteiger partial charge on any atom is 0.319 e. The molecule has 0 aliphatic carbocycles. The molecule has 8 nitrogen and oxygen atoms in total.